The van der Waals surface area contributed by atoms with Crippen LogP contribution in [-0.2, 0) is 24.0 Å². The molecule has 0 aliphatic carbocycles. The Bertz CT molecular complexity index is 735. The molecule has 0 atom stereocenters. The molecule has 0 bridgehead atoms. The van der Waals surface area contributed by atoms with Crippen LogP contribution in [0.5, 0.6) is 0 Å². The zero-order chi connectivity index (χ0) is 16.9. The number of hydrogen-bond acceptors (Lipinski definition) is 5. The maximum atomic E-state index is 12.6. The van der Waals surface area contributed by atoms with Gasteiger partial charge < -0.3 is 4.84 Å². The molecule has 0 aliphatic rings. The van der Waals surface area contributed by atoms with E-state index in [4.69, 9.17) is 21.7 Å². The molecule has 23 heavy (non-hydrogen) atoms. The fourth-order valence-corrected chi connectivity index (χ4v) is 2.54. The third kappa shape index (κ3) is 4.94. The van der Waals surface area contributed by atoms with E-state index in [2.05, 4.69) is 10.1 Å². The van der Waals surface area contributed by atoms with E-state index in [9.17, 15) is 13.2 Å². The summed E-state index contributed by atoms with van der Waals surface area (Å²) < 4.78 is 37.9. The second-order valence-electron chi connectivity index (χ2n) is 4.29. The summed E-state index contributed by atoms with van der Waals surface area (Å²) in [5.74, 6) is 0. The lowest BCUT2D eigenvalue weighted by molar-refractivity contribution is -0.141. The Labute approximate surface area is 138 Å². The van der Waals surface area contributed by atoms with Crippen molar-refractivity contribution in [2.24, 2.45) is 5.16 Å². The van der Waals surface area contributed by atoms with Gasteiger partial charge in [-0.2, -0.15) is 18.4 Å². The zero-order valence-corrected chi connectivity index (χ0v) is 13.0. The molecule has 0 spiro atoms. The molecule has 0 aliphatic heterocycles. The van der Waals surface area contributed by atoms with Crippen LogP contribution in [0, 0.1) is 11.3 Å². The first kappa shape index (κ1) is 17.2. The Morgan fingerprint density at radius 1 is 1.35 bits per heavy atom. The molecule has 0 radical (unpaired) electrons. The normalized spacial score (nSPS) is 11.6. The highest BCUT2D eigenvalue weighted by atomic mass is 35.5. The molecule has 1 aromatic carbocycles. The van der Waals surface area contributed by atoms with Gasteiger partial charge in [-0.15, -0.1) is 11.3 Å². The Balaban J connectivity index is 1.89. The molecule has 120 valence electrons. The summed E-state index contributed by atoms with van der Waals surface area (Å²) >= 11 is 6.43. The van der Waals surface area contributed by atoms with E-state index < -0.39 is 16.7 Å². The first-order valence-corrected chi connectivity index (χ1v) is 7.45. The quantitative estimate of drug-likeness (QED) is 0.586. The van der Waals surface area contributed by atoms with Crippen molar-refractivity contribution in [1.82, 2.24) is 4.98 Å². The SMILES string of the molecule is N#Cc1sc(C/C=N/OCc2ccc(Cl)cc2)nc1C(F)(F)F. The summed E-state index contributed by atoms with van der Waals surface area (Å²) in [6.07, 6.45) is -3.28. The summed E-state index contributed by atoms with van der Waals surface area (Å²) in [5.41, 5.74) is -0.303. The van der Waals surface area contributed by atoms with Gasteiger partial charge in [0.05, 0.1) is 6.21 Å². The number of aromatic nitrogens is 1. The standard InChI is InChI=1S/C14H9ClF3N3OS/c15-10-3-1-9(2-4-10)8-22-20-6-5-12-21-13(14(16,17)18)11(7-19)23-12/h1-4,6H,5,8H2/b20-6+. The summed E-state index contributed by atoms with van der Waals surface area (Å²) in [6.45, 7) is 0.211. The van der Waals surface area contributed by atoms with Crippen LogP contribution in [0.4, 0.5) is 13.2 Å². The molecule has 1 heterocycles. The molecule has 0 saturated heterocycles. The second kappa shape index (κ2) is 7.44. The average Bonchev–Trinajstić information content (AvgIpc) is 2.92. The third-order valence-electron chi connectivity index (χ3n) is 2.60. The summed E-state index contributed by atoms with van der Waals surface area (Å²) in [7, 11) is 0. The summed E-state index contributed by atoms with van der Waals surface area (Å²) in [6, 6.07) is 8.46. The number of halogens is 4. The molecule has 2 rings (SSSR count). The minimum Gasteiger partial charge on any atom is -0.391 e. The molecule has 4 nitrogen and oxygen atoms in total. The lowest BCUT2D eigenvalue weighted by Gasteiger charge is -2.01. The number of nitrogens with zero attached hydrogens (tertiary/aromatic N) is 3. The first-order chi connectivity index (χ1) is 10.9. The van der Waals surface area contributed by atoms with Crippen LogP contribution in [0.15, 0.2) is 29.4 Å². The highest BCUT2D eigenvalue weighted by Crippen LogP contribution is 2.33. The number of hydrogen-bond donors (Lipinski definition) is 0. The van der Waals surface area contributed by atoms with Crippen LogP contribution < -0.4 is 0 Å². The topological polar surface area (TPSA) is 58.3 Å². The van der Waals surface area contributed by atoms with E-state index in [0.29, 0.717) is 16.4 Å². The second-order valence-corrected chi connectivity index (χ2v) is 5.81. The van der Waals surface area contributed by atoms with Gasteiger partial charge in [-0.25, -0.2) is 4.98 Å². The average molecular weight is 360 g/mol. The van der Waals surface area contributed by atoms with Crippen molar-refractivity contribution in [3.05, 3.63) is 50.4 Å². The zero-order valence-electron chi connectivity index (χ0n) is 11.5. The summed E-state index contributed by atoms with van der Waals surface area (Å²) in [4.78, 5) is 8.00. The van der Waals surface area contributed by atoms with Gasteiger partial charge in [0.2, 0.25) is 0 Å². The molecular formula is C14H9ClF3N3OS. The van der Waals surface area contributed by atoms with Crippen molar-refractivity contribution in [1.29, 1.82) is 5.26 Å². The molecule has 0 saturated carbocycles. The van der Waals surface area contributed by atoms with Crippen LogP contribution in [0.3, 0.4) is 0 Å². The largest absolute Gasteiger partial charge is 0.435 e. The lowest BCUT2D eigenvalue weighted by atomic mass is 10.2. The van der Waals surface area contributed by atoms with Crippen molar-refractivity contribution < 1.29 is 18.0 Å². The highest BCUT2D eigenvalue weighted by Gasteiger charge is 2.37. The van der Waals surface area contributed by atoms with Gasteiger partial charge >= 0.3 is 6.18 Å². The number of nitriles is 1. The fourth-order valence-electron chi connectivity index (χ4n) is 1.58. The minimum atomic E-state index is -4.64. The number of benzene rings is 1. The van der Waals surface area contributed by atoms with Crippen molar-refractivity contribution in [2.45, 2.75) is 19.2 Å². The first-order valence-electron chi connectivity index (χ1n) is 6.25. The Hall–Kier alpha value is -2.11. The number of thiazole rings is 1. The highest BCUT2D eigenvalue weighted by molar-refractivity contribution is 7.12. The maximum absolute atomic E-state index is 12.6. The van der Waals surface area contributed by atoms with Crippen molar-refractivity contribution >= 4 is 29.2 Å². The van der Waals surface area contributed by atoms with Crippen LogP contribution in [-0.4, -0.2) is 11.2 Å². The van der Waals surface area contributed by atoms with Crippen LogP contribution in [0.2, 0.25) is 5.02 Å². The van der Waals surface area contributed by atoms with Gasteiger partial charge in [-0.1, -0.05) is 28.9 Å². The van der Waals surface area contributed by atoms with Crippen molar-refractivity contribution in [2.75, 3.05) is 0 Å². The predicted molar refractivity (Wildman–Crippen MR) is 80.3 cm³/mol. The Morgan fingerprint density at radius 3 is 2.61 bits per heavy atom. The van der Waals surface area contributed by atoms with E-state index in [0.717, 1.165) is 5.56 Å². The fraction of sp³-hybridized carbons (Fsp3) is 0.214. The minimum absolute atomic E-state index is 0.0516. The van der Waals surface area contributed by atoms with Crippen LogP contribution in [0.1, 0.15) is 21.1 Å². The number of rotatable bonds is 5. The third-order valence-corrected chi connectivity index (χ3v) is 3.84. The van der Waals surface area contributed by atoms with Gasteiger partial charge in [-0.05, 0) is 17.7 Å². The Kier molecular flexibility index (Phi) is 5.58. The molecule has 0 unspecified atom stereocenters. The molecule has 1 aromatic heterocycles. The van der Waals surface area contributed by atoms with Crippen molar-refractivity contribution in [3.8, 4) is 6.07 Å². The smallest absolute Gasteiger partial charge is 0.391 e. The van der Waals surface area contributed by atoms with Gasteiger partial charge in [0.25, 0.3) is 0 Å². The van der Waals surface area contributed by atoms with Gasteiger partial charge in [0.15, 0.2) is 5.69 Å². The molecule has 0 N–H and O–H groups in total. The number of alkyl halides is 3. The van der Waals surface area contributed by atoms with E-state index in [-0.39, 0.29) is 18.0 Å². The van der Waals surface area contributed by atoms with Crippen molar-refractivity contribution in [3.63, 3.8) is 0 Å². The van der Waals surface area contributed by atoms with Gasteiger partial charge in [0.1, 0.15) is 22.6 Å². The molecule has 2 aromatic rings. The lowest BCUT2D eigenvalue weighted by Crippen LogP contribution is -2.07. The van der Waals surface area contributed by atoms with Gasteiger partial charge in [0, 0.05) is 11.4 Å². The van der Waals surface area contributed by atoms with E-state index in [1.54, 1.807) is 24.3 Å². The molecule has 9 heteroatoms. The van der Waals surface area contributed by atoms with Crippen LogP contribution in [0.25, 0.3) is 0 Å². The van der Waals surface area contributed by atoms with Crippen LogP contribution >= 0.6 is 22.9 Å². The van der Waals surface area contributed by atoms with Gasteiger partial charge in [-0.3, -0.25) is 0 Å². The maximum Gasteiger partial charge on any atom is 0.435 e. The molecule has 0 fully saturated rings. The predicted octanol–water partition coefficient (Wildman–Crippen LogP) is 4.43. The molecular weight excluding hydrogens is 351 g/mol. The summed E-state index contributed by atoms with van der Waals surface area (Å²) in [5, 5.41) is 13.1. The number of oxime groups is 1. The Morgan fingerprint density at radius 2 is 2.04 bits per heavy atom. The monoisotopic (exact) mass is 359 g/mol. The van der Waals surface area contributed by atoms with E-state index >= 15 is 0 Å². The molecule has 0 amide bonds. The van der Waals surface area contributed by atoms with E-state index in [1.807, 2.05) is 0 Å². The van der Waals surface area contributed by atoms with E-state index in [1.165, 1.54) is 12.3 Å².